The first-order chi connectivity index (χ1) is 9.34. The van der Waals surface area contributed by atoms with Crippen LogP contribution in [0.3, 0.4) is 0 Å². The molecule has 1 rings (SSSR count). The third-order valence-electron chi connectivity index (χ3n) is 2.82. The number of methoxy groups -OCH3 is 1. The van der Waals surface area contributed by atoms with Crippen molar-refractivity contribution < 1.29 is 24.5 Å². The quantitative estimate of drug-likeness (QED) is 0.832. The molecule has 0 aromatic heterocycles. The molecule has 0 unspecified atom stereocenters. The summed E-state index contributed by atoms with van der Waals surface area (Å²) in [4.78, 5) is 21.9. The van der Waals surface area contributed by atoms with Crippen LogP contribution in [0.4, 0.5) is 0 Å². The minimum Gasteiger partial charge on any atom is -0.495 e. The van der Waals surface area contributed by atoms with Crippen LogP contribution >= 0.6 is 11.6 Å². The lowest BCUT2D eigenvalue weighted by molar-refractivity contribution is -0.140. The maximum Gasteiger partial charge on any atom is 0.305 e. The van der Waals surface area contributed by atoms with E-state index in [0.717, 1.165) is 0 Å². The molecule has 0 heterocycles. The number of hydrogen-bond donors (Lipinski definition) is 2. The number of nitrogens with zero attached hydrogens (tertiary/aromatic N) is 1. The molecule has 0 saturated carbocycles. The molecular formula is C13H12ClNO5. The molecule has 0 bridgehead atoms. The van der Waals surface area contributed by atoms with E-state index in [-0.39, 0.29) is 10.6 Å². The molecule has 0 amide bonds. The normalized spacial score (nSPS) is 10.7. The number of carbonyl (C=O) groups is 2. The first kappa shape index (κ1) is 15.8. The van der Waals surface area contributed by atoms with Gasteiger partial charge in [-0.2, -0.15) is 5.26 Å². The number of ether oxygens (including phenoxy) is 1. The second kappa shape index (κ2) is 6.26. The third kappa shape index (κ3) is 3.39. The van der Waals surface area contributed by atoms with E-state index in [0.29, 0.717) is 5.75 Å². The lowest BCUT2D eigenvalue weighted by Crippen LogP contribution is -2.30. The van der Waals surface area contributed by atoms with Gasteiger partial charge in [-0.25, -0.2) is 0 Å². The molecule has 0 aliphatic rings. The number of halogens is 1. The average Bonchev–Trinajstić information content (AvgIpc) is 2.36. The van der Waals surface area contributed by atoms with Crippen molar-refractivity contribution in [3.8, 4) is 11.8 Å². The molecule has 20 heavy (non-hydrogen) atoms. The summed E-state index contributed by atoms with van der Waals surface area (Å²) in [6.45, 7) is 0. The summed E-state index contributed by atoms with van der Waals surface area (Å²) >= 11 is 5.94. The monoisotopic (exact) mass is 297 g/mol. The molecule has 0 radical (unpaired) electrons. The van der Waals surface area contributed by atoms with Crippen LogP contribution in [0.15, 0.2) is 18.2 Å². The number of aliphatic carboxylic acids is 2. The van der Waals surface area contributed by atoms with Crippen molar-refractivity contribution in [2.45, 2.75) is 18.3 Å². The van der Waals surface area contributed by atoms with E-state index in [4.69, 9.17) is 26.6 Å². The fraction of sp³-hybridized carbons (Fsp3) is 0.308. The van der Waals surface area contributed by atoms with E-state index >= 15 is 0 Å². The van der Waals surface area contributed by atoms with Crippen LogP contribution in [0.2, 0.25) is 5.02 Å². The van der Waals surface area contributed by atoms with E-state index < -0.39 is 30.2 Å². The van der Waals surface area contributed by atoms with E-state index in [9.17, 15) is 14.9 Å². The van der Waals surface area contributed by atoms with Crippen molar-refractivity contribution in [3.63, 3.8) is 0 Å². The number of benzene rings is 1. The van der Waals surface area contributed by atoms with Gasteiger partial charge in [0.2, 0.25) is 0 Å². The predicted molar refractivity (Wildman–Crippen MR) is 69.8 cm³/mol. The largest absolute Gasteiger partial charge is 0.495 e. The van der Waals surface area contributed by atoms with E-state index in [1.54, 1.807) is 6.07 Å². The Morgan fingerprint density at radius 2 is 1.90 bits per heavy atom. The van der Waals surface area contributed by atoms with Crippen LogP contribution in [0, 0.1) is 11.3 Å². The minimum absolute atomic E-state index is 0.181. The van der Waals surface area contributed by atoms with Crippen molar-refractivity contribution in [1.29, 1.82) is 5.26 Å². The second-order valence-electron chi connectivity index (χ2n) is 4.18. The molecule has 2 N–H and O–H groups in total. The van der Waals surface area contributed by atoms with Crippen LogP contribution in [0.5, 0.6) is 5.75 Å². The van der Waals surface area contributed by atoms with Crippen LogP contribution in [0.1, 0.15) is 18.4 Å². The zero-order chi connectivity index (χ0) is 15.3. The van der Waals surface area contributed by atoms with Crippen molar-refractivity contribution >= 4 is 23.5 Å². The van der Waals surface area contributed by atoms with Crippen LogP contribution in [0.25, 0.3) is 0 Å². The lowest BCUT2D eigenvalue weighted by atomic mass is 9.76. The number of hydrogen-bond acceptors (Lipinski definition) is 4. The van der Waals surface area contributed by atoms with Crippen LogP contribution in [-0.2, 0) is 15.0 Å². The molecule has 0 saturated heterocycles. The molecule has 1 aromatic carbocycles. The van der Waals surface area contributed by atoms with Gasteiger partial charge in [-0.1, -0.05) is 17.7 Å². The summed E-state index contributed by atoms with van der Waals surface area (Å²) < 4.78 is 4.96. The van der Waals surface area contributed by atoms with Crippen molar-refractivity contribution in [1.82, 2.24) is 0 Å². The first-order valence-corrected chi connectivity index (χ1v) is 5.91. The van der Waals surface area contributed by atoms with Crippen LogP contribution < -0.4 is 4.74 Å². The molecule has 0 aliphatic carbocycles. The molecule has 0 spiro atoms. The smallest absolute Gasteiger partial charge is 0.305 e. The SMILES string of the molecule is COc1ccc(C(C#N)(CC(=O)O)CC(=O)O)cc1Cl. The minimum atomic E-state index is -1.67. The summed E-state index contributed by atoms with van der Waals surface area (Å²) in [6.07, 6.45) is -1.25. The fourth-order valence-electron chi connectivity index (χ4n) is 1.89. The zero-order valence-corrected chi connectivity index (χ0v) is 11.3. The molecular weight excluding hydrogens is 286 g/mol. The number of carboxylic acid groups (broad SMARTS) is 2. The first-order valence-electron chi connectivity index (χ1n) is 5.53. The number of rotatable bonds is 6. The van der Waals surface area contributed by atoms with Gasteiger partial charge in [0.05, 0.1) is 31.0 Å². The van der Waals surface area contributed by atoms with Crippen molar-refractivity contribution in [3.05, 3.63) is 28.8 Å². The van der Waals surface area contributed by atoms with Gasteiger partial charge in [-0.3, -0.25) is 9.59 Å². The Balaban J connectivity index is 3.36. The van der Waals surface area contributed by atoms with Gasteiger partial charge in [-0.15, -0.1) is 0 Å². The third-order valence-corrected chi connectivity index (χ3v) is 3.12. The zero-order valence-electron chi connectivity index (χ0n) is 10.6. The molecule has 6 nitrogen and oxygen atoms in total. The summed E-state index contributed by atoms with van der Waals surface area (Å²) in [6, 6.07) is 6.06. The van der Waals surface area contributed by atoms with Gasteiger partial charge < -0.3 is 14.9 Å². The summed E-state index contributed by atoms with van der Waals surface area (Å²) in [5.74, 6) is -2.17. The Labute approximate surface area is 120 Å². The predicted octanol–water partition coefficient (Wildman–Crippen LogP) is 2.06. The van der Waals surface area contributed by atoms with E-state index in [1.807, 2.05) is 0 Å². The second-order valence-corrected chi connectivity index (χ2v) is 4.59. The Hall–Kier alpha value is -2.26. The topological polar surface area (TPSA) is 108 Å². The summed E-state index contributed by atoms with van der Waals surface area (Å²) in [5, 5.41) is 27.3. The van der Waals surface area contributed by atoms with Gasteiger partial charge in [-0.05, 0) is 17.7 Å². The van der Waals surface area contributed by atoms with Crippen molar-refractivity contribution in [2.24, 2.45) is 0 Å². The molecule has 1 aromatic rings. The highest BCUT2D eigenvalue weighted by Gasteiger charge is 2.38. The van der Waals surface area contributed by atoms with Gasteiger partial charge in [0.1, 0.15) is 11.2 Å². The Bertz CT molecular complexity index is 563. The number of carboxylic acids is 2. The highest BCUT2D eigenvalue weighted by molar-refractivity contribution is 6.32. The molecule has 0 fully saturated rings. The Kier molecular flexibility index (Phi) is 4.94. The standard InChI is InChI=1S/C13H12ClNO5/c1-20-10-3-2-8(4-9(10)14)13(7-15,5-11(16)17)6-12(18)19/h2-4H,5-6H2,1H3,(H,16,17)(H,18,19). The van der Waals surface area contributed by atoms with E-state index in [1.165, 1.54) is 25.3 Å². The Morgan fingerprint density at radius 1 is 1.35 bits per heavy atom. The maximum absolute atomic E-state index is 10.9. The molecule has 0 aliphatic heterocycles. The highest BCUT2D eigenvalue weighted by atomic mass is 35.5. The van der Waals surface area contributed by atoms with Gasteiger partial charge in [0.15, 0.2) is 0 Å². The molecule has 0 atom stereocenters. The van der Waals surface area contributed by atoms with Gasteiger partial charge in [0.25, 0.3) is 0 Å². The van der Waals surface area contributed by atoms with Gasteiger partial charge >= 0.3 is 11.9 Å². The Morgan fingerprint density at radius 3 is 2.25 bits per heavy atom. The number of nitriles is 1. The summed E-state index contributed by atoms with van der Waals surface area (Å²) in [7, 11) is 1.41. The van der Waals surface area contributed by atoms with Crippen LogP contribution in [-0.4, -0.2) is 29.3 Å². The van der Waals surface area contributed by atoms with E-state index in [2.05, 4.69) is 0 Å². The fourth-order valence-corrected chi connectivity index (χ4v) is 2.15. The molecule has 106 valence electrons. The van der Waals surface area contributed by atoms with Gasteiger partial charge in [0, 0.05) is 0 Å². The summed E-state index contributed by atoms with van der Waals surface area (Å²) in [5.41, 5.74) is -1.44. The average molecular weight is 298 g/mol. The molecule has 7 heteroatoms. The highest BCUT2D eigenvalue weighted by Crippen LogP contribution is 2.36. The lowest BCUT2D eigenvalue weighted by Gasteiger charge is -2.24. The maximum atomic E-state index is 10.9. The van der Waals surface area contributed by atoms with Crippen molar-refractivity contribution in [2.75, 3.05) is 7.11 Å².